The number of nitrogen functional groups attached to an aromatic ring is 2. The third kappa shape index (κ3) is 0.706. The first-order valence-electron chi connectivity index (χ1n) is 3.11. The molecule has 4 N–H and O–H groups in total. The molecule has 2 aromatic heterocycles. The summed E-state index contributed by atoms with van der Waals surface area (Å²) in [6, 6.07) is 1.76. The van der Waals surface area contributed by atoms with Gasteiger partial charge in [0.25, 0.3) is 0 Å². The minimum absolute atomic E-state index is 0.409. The summed E-state index contributed by atoms with van der Waals surface area (Å²) in [6.07, 6.45) is 3.10. The van der Waals surface area contributed by atoms with Crippen molar-refractivity contribution in [3.8, 4) is 0 Å². The highest BCUT2D eigenvalue weighted by Gasteiger charge is 2.02. The van der Waals surface area contributed by atoms with Gasteiger partial charge in [0.1, 0.15) is 11.8 Å². The van der Waals surface area contributed by atoms with Crippen molar-refractivity contribution in [1.29, 1.82) is 0 Å². The topological polar surface area (TPSA) is 82.8 Å². The lowest BCUT2D eigenvalue weighted by Crippen LogP contribution is -2.05. The van der Waals surface area contributed by atoms with Crippen molar-refractivity contribution >= 4 is 16.9 Å². The van der Waals surface area contributed by atoms with Gasteiger partial charge in [-0.25, -0.2) is 14.6 Å². The molecule has 0 fully saturated rings. The van der Waals surface area contributed by atoms with E-state index in [1.165, 1.54) is 11.0 Å². The third-order valence-corrected chi connectivity index (χ3v) is 1.52. The predicted molar refractivity (Wildman–Crippen MR) is 42.1 cm³/mol. The Morgan fingerprint density at radius 3 is 2.91 bits per heavy atom. The molecule has 0 bridgehead atoms. The summed E-state index contributed by atoms with van der Waals surface area (Å²) in [4.78, 5) is 7.84. The maximum atomic E-state index is 5.53. The number of aromatic nitrogens is 3. The summed E-state index contributed by atoms with van der Waals surface area (Å²) in [7, 11) is 0. The normalized spacial score (nSPS) is 10.5. The van der Waals surface area contributed by atoms with Gasteiger partial charge in [0.15, 0.2) is 5.82 Å². The largest absolute Gasteiger partial charge is 0.382 e. The number of hydrogen-bond donors (Lipinski definition) is 2. The van der Waals surface area contributed by atoms with Crippen LogP contribution in [0, 0.1) is 0 Å². The SMILES string of the molecule is Nc1nccc2c1ncn2N. The number of fused-ring (bicyclic) bond motifs is 1. The van der Waals surface area contributed by atoms with Crippen LogP contribution >= 0.6 is 0 Å². The Kier molecular flexibility index (Phi) is 1.00. The van der Waals surface area contributed by atoms with Crippen LogP contribution in [0.5, 0.6) is 0 Å². The molecular formula is C6H7N5. The van der Waals surface area contributed by atoms with Crippen molar-refractivity contribution in [3.05, 3.63) is 18.6 Å². The second kappa shape index (κ2) is 1.85. The smallest absolute Gasteiger partial charge is 0.151 e. The molecule has 56 valence electrons. The van der Waals surface area contributed by atoms with Crippen LogP contribution in [0.2, 0.25) is 0 Å². The van der Waals surface area contributed by atoms with Gasteiger partial charge in [-0.15, -0.1) is 0 Å². The molecule has 0 aromatic carbocycles. The van der Waals surface area contributed by atoms with Crippen LogP contribution in [-0.2, 0) is 0 Å². The van der Waals surface area contributed by atoms with E-state index >= 15 is 0 Å². The monoisotopic (exact) mass is 149 g/mol. The number of hydrogen-bond acceptors (Lipinski definition) is 4. The molecule has 0 unspecified atom stereocenters. The van der Waals surface area contributed by atoms with E-state index < -0.39 is 0 Å². The maximum Gasteiger partial charge on any atom is 0.151 e. The van der Waals surface area contributed by atoms with Crippen LogP contribution in [-0.4, -0.2) is 14.6 Å². The van der Waals surface area contributed by atoms with E-state index in [1.54, 1.807) is 12.3 Å². The third-order valence-electron chi connectivity index (χ3n) is 1.52. The van der Waals surface area contributed by atoms with Crippen LogP contribution < -0.4 is 11.6 Å². The zero-order valence-electron chi connectivity index (χ0n) is 5.73. The van der Waals surface area contributed by atoms with Crippen molar-refractivity contribution < 1.29 is 0 Å². The van der Waals surface area contributed by atoms with Gasteiger partial charge in [-0.2, -0.15) is 0 Å². The van der Waals surface area contributed by atoms with E-state index in [1.807, 2.05) is 0 Å². The molecule has 5 heteroatoms. The Hall–Kier alpha value is -1.78. The van der Waals surface area contributed by atoms with Crippen molar-refractivity contribution in [2.24, 2.45) is 0 Å². The van der Waals surface area contributed by atoms with Gasteiger partial charge >= 0.3 is 0 Å². The molecule has 0 atom stereocenters. The van der Waals surface area contributed by atoms with E-state index in [2.05, 4.69) is 9.97 Å². The number of imidazole rings is 1. The van der Waals surface area contributed by atoms with E-state index in [0.29, 0.717) is 11.3 Å². The number of nitrogens with zero attached hydrogens (tertiary/aromatic N) is 3. The second-order valence-electron chi connectivity index (χ2n) is 2.22. The lowest BCUT2D eigenvalue weighted by molar-refractivity contribution is 1.04. The molecule has 0 aliphatic rings. The van der Waals surface area contributed by atoms with Crippen LogP contribution in [0.3, 0.4) is 0 Å². The highest BCUT2D eigenvalue weighted by atomic mass is 15.3. The van der Waals surface area contributed by atoms with Crippen LogP contribution in [0.4, 0.5) is 5.82 Å². The van der Waals surface area contributed by atoms with Crippen LogP contribution in [0.25, 0.3) is 11.0 Å². The first-order chi connectivity index (χ1) is 5.29. The molecular weight excluding hydrogens is 142 g/mol. The molecule has 0 saturated carbocycles. The molecule has 11 heavy (non-hydrogen) atoms. The maximum absolute atomic E-state index is 5.53. The average Bonchev–Trinajstić information content (AvgIpc) is 2.35. The van der Waals surface area contributed by atoms with Gasteiger partial charge in [-0.3, -0.25) is 0 Å². The first kappa shape index (κ1) is 5.96. The van der Waals surface area contributed by atoms with Gasteiger partial charge < -0.3 is 11.6 Å². The minimum Gasteiger partial charge on any atom is -0.382 e. The Morgan fingerprint density at radius 2 is 2.18 bits per heavy atom. The zero-order chi connectivity index (χ0) is 7.84. The van der Waals surface area contributed by atoms with Gasteiger partial charge in [0.05, 0.1) is 5.52 Å². The summed E-state index contributed by atoms with van der Waals surface area (Å²) in [6.45, 7) is 0. The lowest BCUT2D eigenvalue weighted by atomic mass is 10.4. The Labute approximate surface area is 62.6 Å². The van der Waals surface area contributed by atoms with Crippen molar-refractivity contribution in [2.75, 3.05) is 11.6 Å². The minimum atomic E-state index is 0.409. The van der Waals surface area contributed by atoms with E-state index in [9.17, 15) is 0 Å². The number of nitrogens with two attached hydrogens (primary N) is 2. The zero-order valence-corrected chi connectivity index (χ0v) is 5.73. The van der Waals surface area contributed by atoms with Crippen LogP contribution in [0.15, 0.2) is 18.6 Å². The molecule has 2 rings (SSSR count). The first-order valence-corrected chi connectivity index (χ1v) is 3.11. The highest BCUT2D eigenvalue weighted by Crippen LogP contribution is 2.13. The van der Waals surface area contributed by atoms with E-state index in [-0.39, 0.29) is 0 Å². The fourth-order valence-electron chi connectivity index (χ4n) is 0.982. The standard InChI is InChI=1S/C6H7N5/c7-6-5-4(1-2-9-6)11(8)3-10-5/h1-3H,8H2,(H2,7,9). The molecule has 0 amide bonds. The molecule has 0 aliphatic heterocycles. The summed E-state index contributed by atoms with van der Waals surface area (Å²) in [5.74, 6) is 5.92. The molecule has 0 spiro atoms. The van der Waals surface area contributed by atoms with Gasteiger partial charge in [-0.1, -0.05) is 0 Å². The van der Waals surface area contributed by atoms with Crippen molar-refractivity contribution in [3.63, 3.8) is 0 Å². The molecule has 2 aromatic rings. The molecule has 0 aliphatic carbocycles. The Bertz CT molecular complexity index is 391. The highest BCUT2D eigenvalue weighted by molar-refractivity contribution is 5.84. The summed E-state index contributed by atoms with van der Waals surface area (Å²) in [5, 5.41) is 0. The second-order valence-corrected chi connectivity index (χ2v) is 2.22. The molecule has 0 radical (unpaired) electrons. The molecule has 5 nitrogen and oxygen atoms in total. The summed E-state index contributed by atoms with van der Waals surface area (Å²) < 4.78 is 1.41. The fourth-order valence-corrected chi connectivity index (χ4v) is 0.982. The average molecular weight is 149 g/mol. The Morgan fingerprint density at radius 1 is 1.36 bits per heavy atom. The van der Waals surface area contributed by atoms with Crippen molar-refractivity contribution in [2.45, 2.75) is 0 Å². The van der Waals surface area contributed by atoms with Crippen LogP contribution in [0.1, 0.15) is 0 Å². The van der Waals surface area contributed by atoms with Gasteiger partial charge in [-0.05, 0) is 6.07 Å². The van der Waals surface area contributed by atoms with Gasteiger partial charge in [0.2, 0.25) is 0 Å². The van der Waals surface area contributed by atoms with Crippen molar-refractivity contribution in [1.82, 2.24) is 14.6 Å². The van der Waals surface area contributed by atoms with E-state index in [0.717, 1.165) is 5.52 Å². The number of rotatable bonds is 0. The Balaban J connectivity index is 2.94. The summed E-state index contributed by atoms with van der Waals surface area (Å²) in [5.41, 5.74) is 6.96. The molecule has 2 heterocycles. The number of anilines is 1. The number of pyridine rings is 1. The quantitative estimate of drug-likeness (QED) is 0.505. The summed E-state index contributed by atoms with van der Waals surface area (Å²) >= 11 is 0. The van der Waals surface area contributed by atoms with Gasteiger partial charge in [0, 0.05) is 6.20 Å². The molecule has 0 saturated heterocycles. The fraction of sp³-hybridized carbons (Fsp3) is 0. The predicted octanol–water partition coefficient (Wildman–Crippen LogP) is -0.273. The lowest BCUT2D eigenvalue weighted by Gasteiger charge is -1.94. The van der Waals surface area contributed by atoms with E-state index in [4.69, 9.17) is 11.6 Å².